The lowest BCUT2D eigenvalue weighted by Gasteiger charge is -2.15. The summed E-state index contributed by atoms with van der Waals surface area (Å²) in [5, 5.41) is 15.9. The highest BCUT2D eigenvalue weighted by Gasteiger charge is 2.08. The third-order valence-corrected chi connectivity index (χ3v) is 4.42. The molecule has 2 aromatic heterocycles. The Morgan fingerprint density at radius 2 is 1.90 bits per heavy atom. The Morgan fingerprint density at radius 3 is 2.79 bits per heavy atom. The second-order valence-electron chi connectivity index (χ2n) is 6.99. The van der Waals surface area contributed by atoms with E-state index in [9.17, 15) is 0 Å². The Balaban J connectivity index is 1.40. The van der Waals surface area contributed by atoms with E-state index in [4.69, 9.17) is 4.74 Å². The van der Waals surface area contributed by atoms with Crippen LogP contribution in [-0.2, 0) is 6.42 Å². The van der Waals surface area contributed by atoms with Crippen LogP contribution in [0, 0.1) is 0 Å². The van der Waals surface area contributed by atoms with E-state index >= 15 is 0 Å². The van der Waals surface area contributed by atoms with E-state index in [0.717, 1.165) is 23.4 Å². The number of para-hydroxylation sites is 3. The highest BCUT2D eigenvalue weighted by Crippen LogP contribution is 2.27. The summed E-state index contributed by atoms with van der Waals surface area (Å²) in [7, 11) is 0. The number of aromatic amines is 1. The van der Waals surface area contributed by atoms with Gasteiger partial charge in [-0.1, -0.05) is 30.3 Å². The van der Waals surface area contributed by atoms with E-state index in [0.29, 0.717) is 18.3 Å². The van der Waals surface area contributed by atoms with Crippen molar-refractivity contribution in [3.05, 3.63) is 66.5 Å². The lowest BCUT2D eigenvalue weighted by molar-refractivity contribution is 0.244. The van der Waals surface area contributed by atoms with Gasteiger partial charge in [0, 0.05) is 23.6 Å². The van der Waals surface area contributed by atoms with E-state index in [1.807, 2.05) is 44.2 Å². The molecule has 0 aliphatic heterocycles. The highest BCUT2D eigenvalue weighted by atomic mass is 16.5. The van der Waals surface area contributed by atoms with Crippen LogP contribution in [0.3, 0.4) is 0 Å². The van der Waals surface area contributed by atoms with Gasteiger partial charge < -0.3 is 20.4 Å². The number of benzene rings is 2. The van der Waals surface area contributed by atoms with Crippen LogP contribution in [0.5, 0.6) is 5.75 Å². The Hall–Kier alpha value is -3.61. The van der Waals surface area contributed by atoms with E-state index in [-0.39, 0.29) is 6.10 Å². The maximum Gasteiger partial charge on any atom is 0.244 e. The lowest BCUT2D eigenvalue weighted by atomic mass is 10.1. The molecule has 0 saturated carbocycles. The molecule has 4 rings (SSSR count). The molecule has 0 unspecified atom stereocenters. The zero-order chi connectivity index (χ0) is 20.1. The van der Waals surface area contributed by atoms with Crippen LogP contribution in [0.1, 0.15) is 19.4 Å². The van der Waals surface area contributed by atoms with Gasteiger partial charge in [0.05, 0.1) is 18.0 Å². The number of hydrogen-bond donors (Lipinski definition) is 3. The minimum absolute atomic E-state index is 0.0863. The molecule has 148 valence electrons. The predicted molar refractivity (Wildman–Crippen MR) is 116 cm³/mol. The first kappa shape index (κ1) is 18.7. The van der Waals surface area contributed by atoms with Crippen molar-refractivity contribution in [3.63, 3.8) is 0 Å². The minimum atomic E-state index is 0.0863. The fourth-order valence-electron chi connectivity index (χ4n) is 3.15. The van der Waals surface area contributed by atoms with Crippen LogP contribution < -0.4 is 15.4 Å². The summed E-state index contributed by atoms with van der Waals surface area (Å²) >= 11 is 0. The van der Waals surface area contributed by atoms with Gasteiger partial charge in [-0.2, -0.15) is 10.1 Å². The fraction of sp³-hybridized carbons (Fsp3) is 0.227. The van der Waals surface area contributed by atoms with Crippen molar-refractivity contribution < 1.29 is 4.74 Å². The monoisotopic (exact) mass is 388 g/mol. The maximum absolute atomic E-state index is 5.84. The number of anilines is 3. The number of fused-ring (bicyclic) bond motifs is 1. The van der Waals surface area contributed by atoms with Gasteiger partial charge in [0.1, 0.15) is 5.75 Å². The molecule has 0 amide bonds. The van der Waals surface area contributed by atoms with Crippen molar-refractivity contribution >= 4 is 28.4 Å². The van der Waals surface area contributed by atoms with Crippen molar-refractivity contribution in [2.24, 2.45) is 0 Å². The zero-order valence-corrected chi connectivity index (χ0v) is 16.5. The minimum Gasteiger partial charge on any atom is -0.489 e. The molecule has 0 atom stereocenters. The summed E-state index contributed by atoms with van der Waals surface area (Å²) in [5.41, 5.74) is 3.25. The molecule has 0 fully saturated rings. The van der Waals surface area contributed by atoms with Gasteiger partial charge in [0.15, 0.2) is 5.82 Å². The lowest BCUT2D eigenvalue weighted by Crippen LogP contribution is -2.10. The number of H-pyrrole nitrogens is 1. The third kappa shape index (κ3) is 4.63. The highest BCUT2D eigenvalue weighted by molar-refractivity contribution is 5.83. The quantitative estimate of drug-likeness (QED) is 0.411. The van der Waals surface area contributed by atoms with Crippen LogP contribution in [0.4, 0.5) is 17.5 Å². The molecule has 0 aliphatic rings. The normalized spacial score (nSPS) is 11.0. The van der Waals surface area contributed by atoms with E-state index in [1.165, 1.54) is 10.9 Å². The van der Waals surface area contributed by atoms with Gasteiger partial charge in [-0.15, -0.1) is 5.10 Å². The SMILES string of the molecule is CC(C)Oc1ccccc1Nc1cnnc(NCCc2c[nH]c3ccccc23)n1. The molecule has 0 spiro atoms. The number of aromatic nitrogens is 4. The Kier molecular flexibility index (Phi) is 5.56. The average Bonchev–Trinajstić information content (AvgIpc) is 3.13. The van der Waals surface area contributed by atoms with Crippen molar-refractivity contribution in [3.8, 4) is 5.75 Å². The van der Waals surface area contributed by atoms with E-state index < -0.39 is 0 Å². The van der Waals surface area contributed by atoms with Crippen LogP contribution in [0.15, 0.2) is 60.9 Å². The molecule has 3 N–H and O–H groups in total. The van der Waals surface area contributed by atoms with E-state index in [1.54, 1.807) is 6.20 Å². The molecular formula is C22H24N6O. The van der Waals surface area contributed by atoms with Crippen LogP contribution in [0.25, 0.3) is 10.9 Å². The van der Waals surface area contributed by atoms with Gasteiger partial charge in [0.25, 0.3) is 0 Å². The van der Waals surface area contributed by atoms with Gasteiger partial charge in [-0.05, 0) is 44.0 Å². The first-order valence-electron chi connectivity index (χ1n) is 9.70. The topological polar surface area (TPSA) is 87.8 Å². The summed E-state index contributed by atoms with van der Waals surface area (Å²) in [6, 6.07) is 16.1. The second-order valence-corrected chi connectivity index (χ2v) is 6.99. The molecule has 7 nitrogen and oxygen atoms in total. The van der Waals surface area contributed by atoms with Gasteiger partial charge in [-0.25, -0.2) is 0 Å². The summed E-state index contributed by atoms with van der Waals surface area (Å²) in [6.45, 7) is 4.71. The summed E-state index contributed by atoms with van der Waals surface area (Å²) in [6.07, 6.45) is 4.59. The van der Waals surface area contributed by atoms with Crippen LogP contribution in [0.2, 0.25) is 0 Å². The number of nitrogens with one attached hydrogen (secondary N) is 3. The van der Waals surface area contributed by atoms with E-state index in [2.05, 4.69) is 55.2 Å². The Bertz CT molecular complexity index is 1090. The largest absolute Gasteiger partial charge is 0.489 e. The molecule has 2 aromatic carbocycles. The van der Waals surface area contributed by atoms with Crippen molar-refractivity contribution in [1.82, 2.24) is 20.2 Å². The van der Waals surface area contributed by atoms with Crippen molar-refractivity contribution in [2.75, 3.05) is 17.2 Å². The standard InChI is InChI=1S/C22H24N6O/c1-15(2)29-20-10-6-5-9-19(20)26-21-14-25-28-22(27-21)23-12-11-16-13-24-18-8-4-3-7-17(16)18/h3-10,13-15,24H,11-12H2,1-2H3,(H2,23,26,27,28). The molecule has 0 bridgehead atoms. The van der Waals surface area contributed by atoms with Crippen molar-refractivity contribution in [2.45, 2.75) is 26.4 Å². The van der Waals surface area contributed by atoms with Crippen molar-refractivity contribution in [1.29, 1.82) is 0 Å². The first-order valence-corrected chi connectivity index (χ1v) is 9.70. The molecule has 7 heteroatoms. The molecule has 0 radical (unpaired) electrons. The van der Waals surface area contributed by atoms with Gasteiger partial charge in [-0.3, -0.25) is 0 Å². The fourth-order valence-corrected chi connectivity index (χ4v) is 3.15. The Morgan fingerprint density at radius 1 is 1.07 bits per heavy atom. The second kappa shape index (κ2) is 8.60. The molecule has 0 saturated heterocycles. The number of nitrogens with zero attached hydrogens (tertiary/aromatic N) is 3. The Labute approximate surface area is 169 Å². The molecular weight excluding hydrogens is 364 g/mol. The third-order valence-electron chi connectivity index (χ3n) is 4.42. The average molecular weight is 388 g/mol. The number of rotatable bonds is 8. The number of ether oxygens (including phenoxy) is 1. The summed E-state index contributed by atoms with van der Waals surface area (Å²) in [4.78, 5) is 7.81. The van der Waals surface area contributed by atoms with Crippen LogP contribution >= 0.6 is 0 Å². The molecule has 0 aliphatic carbocycles. The number of hydrogen-bond acceptors (Lipinski definition) is 6. The van der Waals surface area contributed by atoms with Gasteiger partial charge >= 0.3 is 0 Å². The molecule has 29 heavy (non-hydrogen) atoms. The first-order chi connectivity index (χ1) is 14.2. The zero-order valence-electron chi connectivity index (χ0n) is 16.5. The predicted octanol–water partition coefficient (Wildman–Crippen LogP) is 4.54. The van der Waals surface area contributed by atoms with Gasteiger partial charge in [0.2, 0.25) is 5.95 Å². The molecule has 2 heterocycles. The summed E-state index contributed by atoms with van der Waals surface area (Å²) in [5.74, 6) is 1.86. The molecule has 4 aromatic rings. The smallest absolute Gasteiger partial charge is 0.244 e. The maximum atomic E-state index is 5.84. The summed E-state index contributed by atoms with van der Waals surface area (Å²) < 4.78 is 5.84. The van der Waals surface area contributed by atoms with Crippen LogP contribution in [-0.4, -0.2) is 32.8 Å².